The third kappa shape index (κ3) is 4.06. The quantitative estimate of drug-likeness (QED) is 0.596. The monoisotopic (exact) mass is 401 g/mol. The van der Waals surface area contributed by atoms with Crippen LogP contribution in [0.25, 0.3) is 10.9 Å². The minimum absolute atomic E-state index is 0.138. The number of hydrogen-bond acceptors (Lipinski definition) is 4. The zero-order valence-corrected chi connectivity index (χ0v) is 15.1. The first kappa shape index (κ1) is 17.2. The maximum atomic E-state index is 11.9. The lowest BCUT2D eigenvalue weighted by Gasteiger charge is -2.03. The van der Waals surface area contributed by atoms with Gasteiger partial charge in [0.1, 0.15) is 5.75 Å². The minimum Gasteiger partial charge on any atom is -0.493 e. The molecule has 0 atom stereocenters. The van der Waals surface area contributed by atoms with Crippen molar-refractivity contribution < 1.29 is 14.6 Å². The van der Waals surface area contributed by atoms with Gasteiger partial charge in [-0.25, -0.2) is 0 Å². The molecule has 0 aliphatic carbocycles. The summed E-state index contributed by atoms with van der Waals surface area (Å²) >= 11 is 3.36. The number of fused-ring (bicyclic) bond motifs is 1. The second kappa shape index (κ2) is 7.48. The number of halogens is 1. The Morgan fingerprint density at radius 2 is 2.00 bits per heavy atom. The highest BCUT2D eigenvalue weighted by molar-refractivity contribution is 9.10. The number of ether oxygens (including phenoxy) is 1. The molecule has 1 heterocycles. The number of nitrogens with zero attached hydrogens (tertiary/aromatic N) is 2. The molecule has 25 heavy (non-hydrogen) atoms. The van der Waals surface area contributed by atoms with E-state index in [4.69, 9.17) is 4.74 Å². The predicted octanol–water partition coefficient (Wildman–Crippen LogP) is 4.89. The summed E-state index contributed by atoms with van der Waals surface area (Å²) in [5.41, 5.74) is 2.12. The highest BCUT2D eigenvalue weighted by Gasteiger charge is 2.11. The Bertz CT molecular complexity index is 933. The number of carbonyl (C=O) groups excluding carboxylic acids is 1. The molecule has 7 heteroatoms. The van der Waals surface area contributed by atoms with Crippen LogP contribution in [0.2, 0.25) is 0 Å². The third-order valence-corrected chi connectivity index (χ3v) is 4.16. The molecular weight excluding hydrogens is 386 g/mol. The fraction of sp³-hybridized carbons (Fsp3) is 0.167. The maximum Gasteiger partial charge on any atom is 0.302 e. The summed E-state index contributed by atoms with van der Waals surface area (Å²) in [6.07, 6.45) is 0.942. The molecule has 0 aliphatic rings. The van der Waals surface area contributed by atoms with Gasteiger partial charge in [0, 0.05) is 9.86 Å². The number of aromatic amines is 1. The summed E-state index contributed by atoms with van der Waals surface area (Å²) in [4.78, 5) is 14.6. The molecule has 0 radical (unpaired) electrons. The second-order valence-electron chi connectivity index (χ2n) is 5.39. The van der Waals surface area contributed by atoms with Gasteiger partial charge >= 0.3 is 5.91 Å². The molecular formula is C18H16BrN3O3. The number of benzene rings is 2. The van der Waals surface area contributed by atoms with E-state index in [9.17, 15) is 9.90 Å². The molecule has 0 unspecified atom stereocenters. The summed E-state index contributed by atoms with van der Waals surface area (Å²) < 4.78 is 6.23. The van der Waals surface area contributed by atoms with E-state index in [2.05, 4.69) is 38.1 Å². The second-order valence-corrected chi connectivity index (χ2v) is 6.31. The molecule has 0 fully saturated rings. The molecule has 3 aromatic rings. The third-order valence-electron chi connectivity index (χ3n) is 3.67. The van der Waals surface area contributed by atoms with Crippen molar-refractivity contribution in [2.24, 2.45) is 10.2 Å². The summed E-state index contributed by atoms with van der Waals surface area (Å²) in [7, 11) is 0. The first-order valence-corrected chi connectivity index (χ1v) is 8.52. The highest BCUT2D eigenvalue weighted by Crippen LogP contribution is 2.36. The Kier molecular flexibility index (Phi) is 5.14. The van der Waals surface area contributed by atoms with E-state index in [1.54, 1.807) is 12.1 Å². The van der Waals surface area contributed by atoms with Crippen LogP contribution in [0.5, 0.6) is 11.6 Å². The summed E-state index contributed by atoms with van der Waals surface area (Å²) in [6, 6.07) is 12.9. The van der Waals surface area contributed by atoms with Crippen LogP contribution in [0.3, 0.4) is 0 Å². The summed E-state index contributed by atoms with van der Waals surface area (Å²) in [5, 5.41) is 18.1. The predicted molar refractivity (Wildman–Crippen MR) is 98.5 cm³/mol. The minimum atomic E-state index is -0.539. The molecule has 3 rings (SSSR count). The number of H-pyrrole nitrogens is 1. The molecule has 0 aliphatic heterocycles. The largest absolute Gasteiger partial charge is 0.493 e. The van der Waals surface area contributed by atoms with E-state index in [0.29, 0.717) is 16.7 Å². The first-order valence-electron chi connectivity index (χ1n) is 7.73. The van der Waals surface area contributed by atoms with Crippen molar-refractivity contribution in [3.63, 3.8) is 0 Å². The number of aromatic nitrogens is 1. The number of nitrogens with one attached hydrogen (secondary N) is 1. The smallest absolute Gasteiger partial charge is 0.302 e. The van der Waals surface area contributed by atoms with Gasteiger partial charge in [0.15, 0.2) is 12.3 Å². The van der Waals surface area contributed by atoms with E-state index in [0.717, 1.165) is 10.9 Å². The number of carbonyl (C=O) groups is 1. The van der Waals surface area contributed by atoms with Gasteiger partial charge < -0.3 is 14.8 Å². The lowest BCUT2D eigenvalue weighted by Crippen LogP contribution is -2.07. The van der Waals surface area contributed by atoms with Crippen LogP contribution in [-0.2, 0) is 11.2 Å². The fourth-order valence-corrected chi connectivity index (χ4v) is 2.70. The lowest BCUT2D eigenvalue weighted by molar-refractivity contribution is -0.120. The molecule has 1 aromatic heterocycles. The average Bonchev–Trinajstić information content (AvgIpc) is 2.93. The molecule has 2 aromatic carbocycles. The van der Waals surface area contributed by atoms with Crippen molar-refractivity contribution in [3.8, 4) is 11.6 Å². The lowest BCUT2D eigenvalue weighted by atomic mass is 10.2. The Morgan fingerprint density at radius 1 is 1.24 bits per heavy atom. The summed E-state index contributed by atoms with van der Waals surface area (Å²) in [5.74, 6) is -0.0799. The zero-order chi connectivity index (χ0) is 17.8. The normalized spacial score (nSPS) is 11.3. The summed E-state index contributed by atoms with van der Waals surface area (Å²) in [6.45, 7) is 1.85. The van der Waals surface area contributed by atoms with Gasteiger partial charge in [-0.1, -0.05) is 35.0 Å². The molecule has 128 valence electrons. The van der Waals surface area contributed by atoms with Crippen molar-refractivity contribution >= 4 is 38.4 Å². The average molecular weight is 402 g/mol. The van der Waals surface area contributed by atoms with Crippen molar-refractivity contribution in [3.05, 3.63) is 52.5 Å². The molecule has 0 spiro atoms. The highest BCUT2D eigenvalue weighted by atomic mass is 79.9. The molecule has 6 nitrogen and oxygen atoms in total. The van der Waals surface area contributed by atoms with Crippen LogP contribution in [0, 0.1) is 0 Å². The Labute approximate surface area is 152 Å². The standard InChI is InChI=1S/C18H16BrN3O3/c1-2-11-3-6-13(7-4-11)25-10-16(23)21-22-17-14-9-12(19)5-8-15(14)20-18(17)24/h3-9,20,24H,2,10H2,1H3. The van der Waals surface area contributed by atoms with E-state index in [1.807, 2.05) is 30.3 Å². The van der Waals surface area contributed by atoms with Crippen LogP contribution in [0.4, 0.5) is 5.69 Å². The molecule has 0 saturated heterocycles. The van der Waals surface area contributed by atoms with E-state index in [-0.39, 0.29) is 18.2 Å². The molecule has 1 amide bonds. The number of hydrogen-bond donors (Lipinski definition) is 2. The van der Waals surface area contributed by atoms with Crippen LogP contribution < -0.4 is 4.74 Å². The van der Waals surface area contributed by atoms with Crippen molar-refractivity contribution in [1.82, 2.24) is 4.98 Å². The van der Waals surface area contributed by atoms with Gasteiger partial charge in [0.2, 0.25) is 5.88 Å². The van der Waals surface area contributed by atoms with Gasteiger partial charge in [-0.3, -0.25) is 4.79 Å². The van der Waals surface area contributed by atoms with Gasteiger partial charge in [0.05, 0.1) is 5.52 Å². The number of aromatic hydroxyl groups is 1. The molecule has 0 bridgehead atoms. The van der Waals surface area contributed by atoms with E-state index in [1.165, 1.54) is 5.56 Å². The topological polar surface area (TPSA) is 87.0 Å². The van der Waals surface area contributed by atoms with Crippen LogP contribution in [0.15, 0.2) is 57.2 Å². The van der Waals surface area contributed by atoms with Crippen molar-refractivity contribution in [1.29, 1.82) is 0 Å². The van der Waals surface area contributed by atoms with Gasteiger partial charge in [-0.2, -0.15) is 0 Å². The SMILES string of the molecule is CCc1ccc(OCC(=O)N=Nc2c(O)[nH]c3ccc(Br)cc23)cc1. The van der Waals surface area contributed by atoms with E-state index >= 15 is 0 Å². The Balaban J connectivity index is 1.68. The van der Waals surface area contributed by atoms with Crippen LogP contribution in [0.1, 0.15) is 12.5 Å². The molecule has 2 N–H and O–H groups in total. The molecule has 0 saturated carbocycles. The van der Waals surface area contributed by atoms with Crippen LogP contribution >= 0.6 is 15.9 Å². The first-order chi connectivity index (χ1) is 12.1. The number of amides is 1. The maximum absolute atomic E-state index is 11.9. The Morgan fingerprint density at radius 3 is 2.72 bits per heavy atom. The van der Waals surface area contributed by atoms with Gasteiger partial charge in [0.25, 0.3) is 0 Å². The Hall–Kier alpha value is -2.67. The van der Waals surface area contributed by atoms with Crippen molar-refractivity contribution in [2.45, 2.75) is 13.3 Å². The number of azo groups is 1. The van der Waals surface area contributed by atoms with Gasteiger partial charge in [-0.05, 0) is 42.3 Å². The zero-order valence-electron chi connectivity index (χ0n) is 13.5. The fourth-order valence-electron chi connectivity index (χ4n) is 2.34. The number of aryl methyl sites for hydroxylation is 1. The van der Waals surface area contributed by atoms with Gasteiger partial charge in [-0.15, -0.1) is 10.2 Å². The van der Waals surface area contributed by atoms with E-state index < -0.39 is 5.91 Å². The van der Waals surface area contributed by atoms with Crippen LogP contribution in [-0.4, -0.2) is 22.6 Å². The number of rotatable bonds is 5. The van der Waals surface area contributed by atoms with Crippen molar-refractivity contribution in [2.75, 3.05) is 6.61 Å².